The van der Waals surface area contributed by atoms with Crippen LogP contribution in [0.25, 0.3) is 0 Å². The largest absolute Gasteiger partial charge is 0.394 e. The van der Waals surface area contributed by atoms with Gasteiger partial charge in [0.25, 0.3) is 0 Å². The van der Waals surface area contributed by atoms with E-state index in [1.807, 2.05) is 0 Å². The number of rotatable bonds is 4. The highest BCUT2D eigenvalue weighted by molar-refractivity contribution is 4.92. The van der Waals surface area contributed by atoms with Crippen LogP contribution in [0.2, 0.25) is 0 Å². The summed E-state index contributed by atoms with van der Waals surface area (Å²) in [6.45, 7) is -1.33. The summed E-state index contributed by atoms with van der Waals surface area (Å²) in [6, 6.07) is 0. The lowest BCUT2D eigenvalue weighted by molar-refractivity contribution is -0.376. The van der Waals surface area contributed by atoms with Crippen LogP contribution in [0.15, 0.2) is 0 Å². The molecule has 2 heterocycles. The molecule has 0 amide bonds. The predicted molar refractivity (Wildman–Crippen MR) is 68.6 cm³/mol. The van der Waals surface area contributed by atoms with Crippen molar-refractivity contribution in [3.63, 3.8) is 0 Å². The van der Waals surface area contributed by atoms with Crippen molar-refractivity contribution in [1.29, 1.82) is 0 Å². The number of ether oxygens (including phenoxy) is 3. The Balaban J connectivity index is 2.07. The molecule has 0 aliphatic carbocycles. The van der Waals surface area contributed by atoms with Gasteiger partial charge in [0.05, 0.1) is 13.2 Å². The Labute approximate surface area is 130 Å². The van der Waals surface area contributed by atoms with Crippen molar-refractivity contribution < 1.29 is 55.1 Å². The summed E-state index contributed by atoms with van der Waals surface area (Å²) >= 11 is 0. The van der Waals surface area contributed by atoms with E-state index in [1.165, 1.54) is 0 Å². The molecule has 2 aliphatic rings. The van der Waals surface area contributed by atoms with E-state index in [0.29, 0.717) is 0 Å². The van der Waals surface area contributed by atoms with Crippen LogP contribution in [-0.4, -0.2) is 115 Å². The molecule has 136 valence electrons. The summed E-state index contributed by atoms with van der Waals surface area (Å²) in [6.07, 6.45) is -15.6. The van der Waals surface area contributed by atoms with Crippen LogP contribution < -0.4 is 0 Å². The summed E-state index contributed by atoms with van der Waals surface area (Å²) in [7, 11) is 0. The zero-order valence-corrected chi connectivity index (χ0v) is 12.0. The van der Waals surface area contributed by atoms with Gasteiger partial charge >= 0.3 is 0 Å². The van der Waals surface area contributed by atoms with Crippen LogP contribution in [0.4, 0.5) is 0 Å². The molecule has 2 fully saturated rings. The number of hydrogen-bond donors (Lipinski definition) is 8. The fraction of sp³-hybridized carbons (Fsp3) is 1.00. The van der Waals surface area contributed by atoms with Crippen LogP contribution in [0.1, 0.15) is 0 Å². The molecule has 2 rings (SSSR count). The molecule has 0 radical (unpaired) electrons. The van der Waals surface area contributed by atoms with Crippen LogP contribution in [0.3, 0.4) is 0 Å². The summed E-state index contributed by atoms with van der Waals surface area (Å²) in [5, 5.41) is 76.4. The van der Waals surface area contributed by atoms with Gasteiger partial charge in [-0.3, -0.25) is 0 Å². The first-order valence-corrected chi connectivity index (χ1v) is 7.08. The molecule has 0 aromatic heterocycles. The van der Waals surface area contributed by atoms with E-state index < -0.39 is 74.6 Å². The maximum atomic E-state index is 9.84. The van der Waals surface area contributed by atoms with Gasteiger partial charge in [-0.25, -0.2) is 0 Å². The van der Waals surface area contributed by atoms with Gasteiger partial charge in [-0.1, -0.05) is 0 Å². The van der Waals surface area contributed by atoms with Gasteiger partial charge in [-0.05, 0) is 0 Å². The van der Waals surface area contributed by atoms with Crippen LogP contribution in [0, 0.1) is 0 Å². The van der Waals surface area contributed by atoms with Crippen molar-refractivity contribution in [2.45, 2.75) is 61.4 Å². The van der Waals surface area contributed by atoms with Gasteiger partial charge in [0, 0.05) is 0 Å². The Kier molecular flexibility index (Phi) is 6.27. The third-order valence-electron chi connectivity index (χ3n) is 3.97. The van der Waals surface area contributed by atoms with E-state index in [0.717, 1.165) is 0 Å². The molecule has 11 heteroatoms. The summed E-state index contributed by atoms with van der Waals surface area (Å²) in [4.78, 5) is 0. The summed E-state index contributed by atoms with van der Waals surface area (Å²) in [5.74, 6) is 0. The van der Waals surface area contributed by atoms with E-state index in [4.69, 9.17) is 24.4 Å². The van der Waals surface area contributed by atoms with Crippen molar-refractivity contribution >= 4 is 0 Å². The molecule has 8 N–H and O–H groups in total. The average Bonchev–Trinajstić information content (AvgIpc) is 2.55. The van der Waals surface area contributed by atoms with Gasteiger partial charge in [-0.15, -0.1) is 0 Å². The lowest BCUT2D eigenvalue weighted by Crippen LogP contribution is -2.63. The third-order valence-corrected chi connectivity index (χ3v) is 3.97. The SMILES string of the molecule is OC[C@@H]1O[C@H](O[C@H]2O[C@@H](CO)[C@H](O)[C@@H](O)[C@H]2O)[C@H](O)[C@H](O)[C@H]1O. The Morgan fingerprint density at radius 1 is 0.565 bits per heavy atom. The minimum absolute atomic E-state index is 0.667. The molecule has 10 atom stereocenters. The summed E-state index contributed by atoms with van der Waals surface area (Å²) in [5.41, 5.74) is 0. The van der Waals surface area contributed by atoms with Gasteiger partial charge in [0.15, 0.2) is 12.6 Å². The van der Waals surface area contributed by atoms with Crippen LogP contribution in [0.5, 0.6) is 0 Å². The van der Waals surface area contributed by atoms with E-state index in [-0.39, 0.29) is 0 Å². The zero-order valence-electron chi connectivity index (χ0n) is 12.0. The summed E-state index contributed by atoms with van der Waals surface area (Å²) < 4.78 is 15.3. The lowest BCUT2D eigenvalue weighted by atomic mass is 9.98. The van der Waals surface area contributed by atoms with Crippen molar-refractivity contribution in [3.05, 3.63) is 0 Å². The van der Waals surface area contributed by atoms with Crippen LogP contribution in [-0.2, 0) is 14.2 Å². The molecule has 0 aromatic carbocycles. The van der Waals surface area contributed by atoms with E-state index in [2.05, 4.69) is 0 Å². The zero-order chi connectivity index (χ0) is 17.3. The van der Waals surface area contributed by atoms with Crippen molar-refractivity contribution in [2.24, 2.45) is 0 Å². The maximum absolute atomic E-state index is 9.84. The molecule has 11 nitrogen and oxygen atoms in total. The molecular formula is C12H22O11. The quantitative estimate of drug-likeness (QED) is 0.243. The molecule has 0 saturated carbocycles. The second kappa shape index (κ2) is 7.63. The maximum Gasteiger partial charge on any atom is 0.189 e. The average molecular weight is 342 g/mol. The van der Waals surface area contributed by atoms with Gasteiger partial charge < -0.3 is 55.1 Å². The Morgan fingerprint density at radius 3 is 1.22 bits per heavy atom. The van der Waals surface area contributed by atoms with E-state index >= 15 is 0 Å². The molecule has 0 aromatic rings. The first-order chi connectivity index (χ1) is 10.8. The highest BCUT2D eigenvalue weighted by Crippen LogP contribution is 2.27. The van der Waals surface area contributed by atoms with E-state index in [1.54, 1.807) is 0 Å². The second-order valence-electron chi connectivity index (χ2n) is 5.53. The minimum atomic E-state index is -1.72. The number of hydrogen-bond acceptors (Lipinski definition) is 11. The Bertz CT molecular complexity index is 344. The molecule has 23 heavy (non-hydrogen) atoms. The van der Waals surface area contributed by atoms with Gasteiger partial charge in [0.2, 0.25) is 0 Å². The Hall–Kier alpha value is -0.440. The molecule has 2 aliphatic heterocycles. The van der Waals surface area contributed by atoms with E-state index in [9.17, 15) is 30.6 Å². The second-order valence-corrected chi connectivity index (χ2v) is 5.53. The third kappa shape index (κ3) is 3.65. The van der Waals surface area contributed by atoms with Crippen LogP contribution >= 0.6 is 0 Å². The standard InChI is InChI=1S/C12H22O11/c13-1-3-5(15)7(17)9(19)11(21-3)23-12-10(20)8(18)6(16)4(2-14)22-12/h3-20H,1-2H2/t3-,4-,5-,6-,7+,8+,9+,10+,11+,12+/m0/s1. The van der Waals surface area contributed by atoms with Crippen molar-refractivity contribution in [3.8, 4) is 0 Å². The van der Waals surface area contributed by atoms with Gasteiger partial charge in [0.1, 0.15) is 48.8 Å². The molecule has 0 spiro atoms. The number of aliphatic hydroxyl groups is 8. The highest BCUT2D eigenvalue weighted by Gasteiger charge is 2.49. The van der Waals surface area contributed by atoms with Gasteiger partial charge in [-0.2, -0.15) is 0 Å². The fourth-order valence-electron chi connectivity index (χ4n) is 2.49. The molecule has 0 bridgehead atoms. The Morgan fingerprint density at radius 2 is 0.913 bits per heavy atom. The normalized spacial score (nSPS) is 51.7. The topological polar surface area (TPSA) is 190 Å². The molecule has 2 saturated heterocycles. The highest BCUT2D eigenvalue weighted by atomic mass is 16.8. The minimum Gasteiger partial charge on any atom is -0.394 e. The lowest BCUT2D eigenvalue weighted by Gasteiger charge is -2.44. The van der Waals surface area contributed by atoms with Crippen molar-refractivity contribution in [1.82, 2.24) is 0 Å². The predicted octanol–water partition coefficient (Wildman–Crippen LogP) is -5.40. The number of aliphatic hydroxyl groups excluding tert-OH is 8. The monoisotopic (exact) mass is 342 g/mol. The smallest absolute Gasteiger partial charge is 0.189 e. The molecule has 0 unspecified atom stereocenters. The fourth-order valence-corrected chi connectivity index (χ4v) is 2.49. The van der Waals surface area contributed by atoms with Crippen molar-refractivity contribution in [2.75, 3.05) is 13.2 Å². The first-order valence-electron chi connectivity index (χ1n) is 7.08. The first kappa shape index (κ1) is 18.9. The molecular weight excluding hydrogens is 320 g/mol.